The van der Waals surface area contributed by atoms with Crippen LogP contribution in [0.4, 0.5) is 0 Å². The van der Waals surface area contributed by atoms with E-state index >= 15 is 0 Å². The average Bonchev–Trinajstić information content (AvgIpc) is 2.64. The van der Waals surface area contributed by atoms with Crippen molar-refractivity contribution < 1.29 is 35.5 Å². The highest BCUT2D eigenvalue weighted by Gasteiger charge is 2.58. The minimum absolute atomic E-state index is 0.0635. The average molecular weight is 479 g/mol. The maximum atomic E-state index is 12.5. The van der Waals surface area contributed by atoms with Crippen LogP contribution in [-0.2, 0) is 29.8 Å². The summed E-state index contributed by atoms with van der Waals surface area (Å²) in [6.45, 7) is -0.341. The Hall–Kier alpha value is -0.710. The van der Waals surface area contributed by atoms with Gasteiger partial charge in [-0.1, -0.05) is 12.8 Å². The maximum absolute atomic E-state index is 12.5. The highest BCUT2D eigenvalue weighted by molar-refractivity contribution is 7.86. The Morgan fingerprint density at radius 2 is 1.52 bits per heavy atom. The second-order valence-electron chi connectivity index (χ2n) is 10.6. The third-order valence-electron chi connectivity index (χ3n) is 8.54. The first-order valence-corrected chi connectivity index (χ1v) is 14.7. The molecule has 0 aliphatic heterocycles. The fourth-order valence-corrected chi connectivity index (χ4v) is 8.93. The molecule has 5 rings (SSSR count). The molecule has 0 amide bonds. The van der Waals surface area contributed by atoms with Crippen molar-refractivity contribution >= 4 is 26.2 Å². The van der Waals surface area contributed by atoms with Crippen molar-refractivity contribution in [3.63, 3.8) is 0 Å². The number of carbonyl (C=O) groups is 1. The first kappa shape index (κ1) is 23.4. The van der Waals surface area contributed by atoms with Gasteiger partial charge in [0.05, 0.1) is 11.7 Å². The third kappa shape index (κ3) is 5.45. The van der Waals surface area contributed by atoms with Crippen molar-refractivity contribution in [3.8, 4) is 0 Å². The Morgan fingerprint density at radius 1 is 0.871 bits per heavy atom. The van der Waals surface area contributed by atoms with Crippen molar-refractivity contribution in [2.45, 2.75) is 64.2 Å². The topological polar surface area (TPSA) is 135 Å². The Kier molecular flexibility index (Phi) is 6.48. The van der Waals surface area contributed by atoms with Crippen molar-refractivity contribution in [1.29, 1.82) is 0 Å². The number of hydrogen-bond donors (Lipinski definition) is 2. The van der Waals surface area contributed by atoms with Crippen molar-refractivity contribution in [1.82, 2.24) is 0 Å². The first-order valence-electron chi connectivity index (χ1n) is 11.5. The van der Waals surface area contributed by atoms with Gasteiger partial charge >= 0.3 is 5.97 Å². The summed E-state index contributed by atoms with van der Waals surface area (Å²) in [4.78, 5) is 12.5. The van der Waals surface area contributed by atoms with Gasteiger partial charge in [-0.25, -0.2) is 0 Å². The Morgan fingerprint density at radius 3 is 2.13 bits per heavy atom. The summed E-state index contributed by atoms with van der Waals surface area (Å²) in [7, 11) is -8.18. The molecule has 5 unspecified atom stereocenters. The molecule has 4 bridgehead atoms. The molecular formula is C21H34O8S2. The lowest BCUT2D eigenvalue weighted by atomic mass is 9.41. The molecule has 2 N–H and O–H groups in total. The van der Waals surface area contributed by atoms with E-state index in [1.807, 2.05) is 0 Å². The predicted octanol–water partition coefficient (Wildman–Crippen LogP) is 2.94. The fourth-order valence-electron chi connectivity index (χ4n) is 7.97. The van der Waals surface area contributed by atoms with Gasteiger partial charge in [-0.15, -0.1) is 0 Å². The molecule has 5 atom stereocenters. The summed E-state index contributed by atoms with van der Waals surface area (Å²) in [5.74, 6) is 1.09. The van der Waals surface area contributed by atoms with Gasteiger partial charge in [0.25, 0.3) is 20.2 Å². The van der Waals surface area contributed by atoms with Crippen LogP contribution in [0.1, 0.15) is 64.2 Å². The van der Waals surface area contributed by atoms with E-state index in [1.165, 1.54) is 19.3 Å². The zero-order chi connectivity index (χ0) is 22.4. The van der Waals surface area contributed by atoms with Gasteiger partial charge < -0.3 is 4.74 Å². The predicted molar refractivity (Wildman–Crippen MR) is 113 cm³/mol. The molecule has 8 nitrogen and oxygen atoms in total. The maximum Gasteiger partial charge on any atom is 0.308 e. The number of hydrogen-bond acceptors (Lipinski definition) is 6. The van der Waals surface area contributed by atoms with Crippen LogP contribution in [0.15, 0.2) is 0 Å². The quantitative estimate of drug-likeness (QED) is 0.401. The number of rotatable bonds is 8. The molecular weight excluding hydrogens is 444 g/mol. The summed E-state index contributed by atoms with van der Waals surface area (Å²) in [5.41, 5.74) is -0.0635. The highest BCUT2D eigenvalue weighted by atomic mass is 32.2. The molecule has 0 heterocycles. The van der Waals surface area contributed by atoms with E-state index in [0.29, 0.717) is 48.9 Å². The minimum Gasteiger partial charge on any atom is -0.464 e. The zero-order valence-electron chi connectivity index (χ0n) is 17.8. The van der Waals surface area contributed by atoms with Gasteiger partial charge in [0.2, 0.25) is 0 Å². The zero-order valence-corrected chi connectivity index (χ0v) is 19.4. The molecule has 31 heavy (non-hydrogen) atoms. The van der Waals surface area contributed by atoms with E-state index in [1.54, 1.807) is 0 Å². The van der Waals surface area contributed by atoms with E-state index < -0.39 is 32.0 Å². The lowest BCUT2D eigenvalue weighted by Crippen LogP contribution is -2.56. The molecule has 0 radical (unpaired) electrons. The second kappa shape index (κ2) is 8.57. The number of carbonyl (C=O) groups excluding carboxylic acids is 1. The van der Waals surface area contributed by atoms with Crippen LogP contribution in [0.3, 0.4) is 0 Å². The van der Waals surface area contributed by atoms with Crippen LogP contribution in [0.5, 0.6) is 0 Å². The molecule has 0 saturated heterocycles. The number of esters is 1. The summed E-state index contributed by atoms with van der Waals surface area (Å²) in [6, 6.07) is 0. The number of ether oxygens (including phenoxy) is 1. The molecule has 0 aromatic carbocycles. The van der Waals surface area contributed by atoms with Crippen LogP contribution in [0, 0.1) is 40.9 Å². The molecule has 10 heteroatoms. The molecule has 5 aliphatic rings. The van der Waals surface area contributed by atoms with Gasteiger partial charge in [-0.05, 0) is 86.4 Å². The summed E-state index contributed by atoms with van der Waals surface area (Å²) in [6.07, 6.45) is 9.48. The summed E-state index contributed by atoms with van der Waals surface area (Å²) < 4.78 is 68.2. The van der Waals surface area contributed by atoms with E-state index in [4.69, 9.17) is 9.29 Å². The van der Waals surface area contributed by atoms with Crippen LogP contribution in [-0.4, -0.2) is 50.0 Å². The molecule has 178 valence electrons. The Balaban J connectivity index is 1.46. The first-order chi connectivity index (χ1) is 14.4. The largest absolute Gasteiger partial charge is 0.464 e. The van der Waals surface area contributed by atoms with Gasteiger partial charge in [0.1, 0.15) is 12.4 Å². The Labute approximate surface area is 185 Å². The van der Waals surface area contributed by atoms with Crippen molar-refractivity contribution in [3.05, 3.63) is 0 Å². The highest BCUT2D eigenvalue weighted by Crippen LogP contribution is 2.67. The Bertz CT molecular complexity index is 882. The van der Waals surface area contributed by atoms with E-state index in [0.717, 1.165) is 25.7 Å². The molecule has 5 aliphatic carbocycles. The third-order valence-corrected chi connectivity index (χ3v) is 9.95. The lowest BCUT2D eigenvalue weighted by molar-refractivity contribution is -0.157. The van der Waals surface area contributed by atoms with Crippen LogP contribution < -0.4 is 0 Å². The standard InChI is InChI=1S/C21H34O8S2/c22-20(29-5-7-31(26,27)28)17-3-1-2-16(11-17)19-18-9-14-8-15(10-18)13-21(19,12-14)4-6-30(23,24)25/h14-19H,1-13H2,(H,23,24,25)(H,26,27,28). The van der Waals surface area contributed by atoms with Crippen molar-refractivity contribution in [2.75, 3.05) is 18.1 Å². The molecule has 5 saturated carbocycles. The summed E-state index contributed by atoms with van der Waals surface area (Å²) in [5, 5.41) is 0. The van der Waals surface area contributed by atoms with Gasteiger partial charge in [-0.3, -0.25) is 13.9 Å². The van der Waals surface area contributed by atoms with Crippen LogP contribution in [0.25, 0.3) is 0 Å². The molecule has 0 aromatic rings. The molecule has 0 aromatic heterocycles. The van der Waals surface area contributed by atoms with Gasteiger partial charge in [-0.2, -0.15) is 16.8 Å². The molecule has 5 fully saturated rings. The van der Waals surface area contributed by atoms with E-state index in [2.05, 4.69) is 0 Å². The van der Waals surface area contributed by atoms with Gasteiger partial charge in [0.15, 0.2) is 0 Å². The van der Waals surface area contributed by atoms with Gasteiger partial charge in [0, 0.05) is 0 Å². The lowest BCUT2D eigenvalue weighted by Gasteiger charge is -2.64. The van der Waals surface area contributed by atoms with E-state index in [9.17, 15) is 26.2 Å². The monoisotopic (exact) mass is 478 g/mol. The second-order valence-corrected chi connectivity index (χ2v) is 13.8. The normalized spacial score (nSPS) is 40.1. The SMILES string of the molecule is O=C(OCCS(=O)(=O)O)C1CCCC(C2C3CC4CC(C3)CC2(CCS(=O)(=O)O)C4)C1. The van der Waals surface area contributed by atoms with Crippen molar-refractivity contribution in [2.24, 2.45) is 40.9 Å². The minimum atomic E-state index is -4.16. The van der Waals surface area contributed by atoms with Crippen LogP contribution >= 0.6 is 0 Å². The molecule has 0 spiro atoms. The van der Waals surface area contributed by atoms with E-state index in [-0.39, 0.29) is 23.7 Å². The smallest absolute Gasteiger partial charge is 0.308 e. The fraction of sp³-hybridized carbons (Fsp3) is 0.952. The van der Waals surface area contributed by atoms with Crippen LogP contribution in [0.2, 0.25) is 0 Å². The summed E-state index contributed by atoms with van der Waals surface area (Å²) >= 11 is 0.